The monoisotopic (exact) mass is 1020 g/mol. The van der Waals surface area contributed by atoms with Crippen LogP contribution in [0.25, 0.3) is 21.8 Å². The van der Waals surface area contributed by atoms with Crippen LogP contribution in [-0.4, -0.2) is 122 Å². The fraction of sp³-hybridized carbons (Fsp3) is 0.417. The molecule has 2 aromatic heterocycles. The Hall–Kier alpha value is -6.07. The van der Waals surface area contributed by atoms with Crippen molar-refractivity contribution in [2.75, 3.05) is 64.1 Å². The van der Waals surface area contributed by atoms with E-state index in [4.69, 9.17) is 42.5 Å². The number of aliphatic hydroxyl groups is 1. The third-order valence-corrected chi connectivity index (χ3v) is 13.9. The molecule has 6 aromatic rings. The maximum Gasteiger partial charge on any atom is 0.311 e. The number of aliphatic hydroxyl groups excluding tert-OH is 1. The predicted octanol–water partition coefficient (Wildman–Crippen LogP) is 9.93. The molecule has 0 amide bonds. The number of fused-ring (bicyclic) bond motifs is 2. The molecule has 0 radical (unpaired) electrons. The first-order valence-corrected chi connectivity index (χ1v) is 23.7. The summed E-state index contributed by atoms with van der Waals surface area (Å²) < 4.78 is 58.5. The largest absolute Gasteiger partial charge is 0.484 e. The van der Waals surface area contributed by atoms with E-state index >= 15 is 0 Å². The third kappa shape index (κ3) is 12.3. The van der Waals surface area contributed by atoms with E-state index in [0.717, 1.165) is 95.7 Å². The molecule has 4 aromatic carbocycles. The lowest BCUT2D eigenvalue weighted by atomic mass is 9.89. The van der Waals surface area contributed by atoms with Crippen LogP contribution in [0.1, 0.15) is 51.4 Å². The molecule has 2 atom stereocenters. The Kier molecular flexibility index (Phi) is 16.0. The van der Waals surface area contributed by atoms with Crippen molar-refractivity contribution in [3.63, 3.8) is 0 Å². The van der Waals surface area contributed by atoms with E-state index in [-0.39, 0.29) is 74.8 Å². The van der Waals surface area contributed by atoms with Gasteiger partial charge >= 0.3 is 11.4 Å². The van der Waals surface area contributed by atoms with E-state index in [1.165, 1.54) is 55.1 Å². The minimum Gasteiger partial charge on any atom is -0.484 e. The third-order valence-electron chi connectivity index (χ3n) is 13.3. The summed E-state index contributed by atoms with van der Waals surface area (Å²) in [5, 5.41) is 38.1. The van der Waals surface area contributed by atoms with Crippen molar-refractivity contribution < 1.29 is 42.3 Å². The van der Waals surface area contributed by atoms with Crippen LogP contribution in [0.5, 0.6) is 5.75 Å². The van der Waals surface area contributed by atoms with E-state index in [2.05, 4.69) is 54.5 Å². The van der Waals surface area contributed by atoms with Crippen LogP contribution in [0.2, 0.25) is 10.0 Å². The summed E-state index contributed by atoms with van der Waals surface area (Å²) in [6.07, 6.45) is 10.8. The van der Waals surface area contributed by atoms with Gasteiger partial charge in [-0.05, 0) is 102 Å². The van der Waals surface area contributed by atoms with Crippen LogP contribution in [0, 0.1) is 37.7 Å². The Labute approximate surface area is 415 Å². The van der Waals surface area contributed by atoms with E-state index in [0.29, 0.717) is 28.1 Å². The summed E-state index contributed by atoms with van der Waals surface area (Å²) in [7, 11) is 4.27. The van der Waals surface area contributed by atoms with Crippen molar-refractivity contribution in [3.8, 4) is 5.75 Å². The summed E-state index contributed by atoms with van der Waals surface area (Å²) in [5.74, 6) is -1.45. The Morgan fingerprint density at radius 3 is 1.61 bits per heavy atom. The number of nitrogens with zero attached hydrogens (tertiary/aromatic N) is 8. The number of anilines is 4. The lowest BCUT2D eigenvalue weighted by Crippen LogP contribution is -2.43. The molecule has 376 valence electrons. The Morgan fingerprint density at radius 2 is 1.14 bits per heavy atom. The molecule has 4 aliphatic rings. The molecule has 2 spiro atoms. The molecular weight excluding hydrogens is 972 g/mol. The van der Waals surface area contributed by atoms with Gasteiger partial charge in [0.2, 0.25) is 5.82 Å². The Morgan fingerprint density at radius 1 is 0.676 bits per heavy atom. The van der Waals surface area contributed by atoms with E-state index in [1.807, 2.05) is 0 Å². The van der Waals surface area contributed by atoms with E-state index < -0.39 is 33.0 Å². The van der Waals surface area contributed by atoms with Crippen LogP contribution < -0.4 is 15.4 Å². The second-order valence-corrected chi connectivity index (χ2v) is 19.0. The van der Waals surface area contributed by atoms with Gasteiger partial charge in [0.15, 0.2) is 5.75 Å². The average molecular weight is 1020 g/mol. The highest BCUT2D eigenvalue weighted by molar-refractivity contribution is 6.31. The highest BCUT2D eigenvalue weighted by atomic mass is 35.5. The number of nitro benzene ring substituents is 2. The summed E-state index contributed by atoms with van der Waals surface area (Å²) in [6, 6.07) is 13.0. The number of nitro groups is 2. The number of rotatable bonds is 10. The second-order valence-electron chi connectivity index (χ2n) is 18.1. The zero-order valence-corrected chi connectivity index (χ0v) is 40.3. The summed E-state index contributed by atoms with van der Waals surface area (Å²) in [6.45, 7) is 4.70. The first-order chi connectivity index (χ1) is 34.0. The second kappa shape index (κ2) is 22.1. The van der Waals surface area contributed by atoms with Crippen molar-refractivity contribution in [1.82, 2.24) is 29.7 Å². The first-order valence-electron chi connectivity index (χ1n) is 22.9. The van der Waals surface area contributed by atoms with Crippen LogP contribution in [0.3, 0.4) is 0 Å². The lowest BCUT2D eigenvalue weighted by Gasteiger charge is -2.37. The molecule has 2 unspecified atom stereocenters. The summed E-state index contributed by atoms with van der Waals surface area (Å²) in [5.41, 5.74) is 0.706. The van der Waals surface area contributed by atoms with Gasteiger partial charge in [0, 0.05) is 61.8 Å². The molecule has 71 heavy (non-hydrogen) atoms. The van der Waals surface area contributed by atoms with Crippen molar-refractivity contribution in [1.29, 1.82) is 0 Å². The minimum absolute atomic E-state index is 0.0498. The molecule has 4 fully saturated rings. The molecule has 10 rings (SSSR count). The number of hydrogen-bond donors (Lipinski definition) is 3. The van der Waals surface area contributed by atoms with Gasteiger partial charge < -0.3 is 39.8 Å². The molecule has 18 nitrogen and oxygen atoms in total. The zero-order chi connectivity index (χ0) is 50.5. The SMILES string of the molecule is CN1CCC2(CCC(CO)O2)CC1.CN1CCC2(CCC(COc3cc4ncnc(Nc5ccc(F)c(Cl)c5)c4cc3[N+](=O)[O-])O2)CC1.O=[N+]([O-])c1cc2c(Nc3ccc(F)c(Cl)c3)ncnc2cc1F. The highest BCUT2D eigenvalue weighted by Crippen LogP contribution is 2.41. The smallest absolute Gasteiger partial charge is 0.311 e. The predicted molar refractivity (Wildman–Crippen MR) is 261 cm³/mol. The molecule has 23 heteroatoms. The minimum atomic E-state index is -0.989. The van der Waals surface area contributed by atoms with Crippen LogP contribution in [0.15, 0.2) is 73.3 Å². The zero-order valence-electron chi connectivity index (χ0n) is 38.8. The number of benzene rings is 4. The number of aromatic nitrogens is 4. The number of nitrogens with one attached hydrogen (secondary N) is 2. The van der Waals surface area contributed by atoms with E-state index in [1.54, 1.807) is 0 Å². The van der Waals surface area contributed by atoms with Gasteiger partial charge in [-0.3, -0.25) is 20.2 Å². The number of piperidine rings is 2. The lowest BCUT2D eigenvalue weighted by molar-refractivity contribution is -0.387. The Bertz CT molecular complexity index is 2910. The maximum atomic E-state index is 13.6. The van der Waals surface area contributed by atoms with Crippen molar-refractivity contribution in [2.24, 2.45) is 0 Å². The van der Waals surface area contributed by atoms with Gasteiger partial charge in [0.25, 0.3) is 0 Å². The van der Waals surface area contributed by atoms with Gasteiger partial charge in [0.1, 0.15) is 42.5 Å². The first kappa shape index (κ1) is 51.3. The van der Waals surface area contributed by atoms with Crippen molar-refractivity contribution in [2.45, 2.75) is 74.8 Å². The number of ether oxygens (including phenoxy) is 3. The fourth-order valence-corrected chi connectivity index (χ4v) is 9.53. The normalized spacial score (nSPS) is 19.5. The van der Waals surface area contributed by atoms with Gasteiger partial charge in [-0.25, -0.2) is 28.7 Å². The number of likely N-dealkylation sites (tertiary alicyclic amines) is 2. The quantitative estimate of drug-likeness (QED) is 0.0859. The summed E-state index contributed by atoms with van der Waals surface area (Å²) in [4.78, 5) is 42.4. The van der Waals surface area contributed by atoms with Crippen molar-refractivity contribution in [3.05, 3.63) is 121 Å². The van der Waals surface area contributed by atoms with Gasteiger partial charge in [0.05, 0.1) is 71.7 Å². The average Bonchev–Trinajstić information content (AvgIpc) is 3.96. The highest BCUT2D eigenvalue weighted by Gasteiger charge is 2.43. The fourth-order valence-electron chi connectivity index (χ4n) is 9.16. The Balaban J connectivity index is 0.000000160. The van der Waals surface area contributed by atoms with Crippen LogP contribution in [0.4, 0.5) is 47.6 Å². The number of halogens is 5. The molecule has 4 aliphatic heterocycles. The maximum absolute atomic E-state index is 13.6. The van der Waals surface area contributed by atoms with Crippen LogP contribution in [-0.2, 0) is 9.47 Å². The molecule has 0 bridgehead atoms. The molecule has 4 saturated heterocycles. The van der Waals surface area contributed by atoms with Gasteiger partial charge in [-0.15, -0.1) is 0 Å². The van der Waals surface area contributed by atoms with Crippen molar-refractivity contribution >= 4 is 79.4 Å². The topological polar surface area (TPSA) is 216 Å². The van der Waals surface area contributed by atoms with E-state index in [9.17, 15) is 33.4 Å². The van der Waals surface area contributed by atoms with Gasteiger partial charge in [-0.1, -0.05) is 23.2 Å². The molecular formula is C48H51Cl2F3N10O8. The number of hydrogen-bond acceptors (Lipinski definition) is 16. The molecule has 6 heterocycles. The van der Waals surface area contributed by atoms with Gasteiger partial charge in [-0.2, -0.15) is 4.39 Å². The van der Waals surface area contributed by atoms with Crippen LogP contribution >= 0.6 is 23.2 Å². The molecule has 3 N–H and O–H groups in total. The summed E-state index contributed by atoms with van der Waals surface area (Å²) >= 11 is 11.6. The standard InChI is InChI=1S/C24H25ClFN5O4.C14H7ClF2N4O2.C10H19NO2/c1-30-8-6-24(7-9-30)5-4-16(35-24)13-34-22-12-20-17(11-21(22)31(32)33)23(28-14-27-20)29-15-2-3-19(26)18(25)10-15;15-9-3-7(1-2-10(9)16)20-14-8-4-13(21(22)23)11(17)5-12(8)18-6-19-14;1-11-6-4-10(5-7-11)3-2-9(8-12)13-10/h2-3,10-12,14,16H,4-9,13H2,1H3,(H,27,28,29);1-6H,(H,18,19,20);9,12H,2-8H2,1H3. The molecule has 0 saturated carbocycles. The molecule has 0 aliphatic carbocycles.